The number of carbonyl (C=O) groups is 1. The van der Waals surface area contributed by atoms with Crippen LogP contribution < -0.4 is 10.2 Å². The molecule has 1 amide bonds. The van der Waals surface area contributed by atoms with Crippen molar-refractivity contribution in [3.63, 3.8) is 0 Å². The first-order valence-corrected chi connectivity index (χ1v) is 8.62. The van der Waals surface area contributed by atoms with Gasteiger partial charge < -0.3 is 10.2 Å². The molecule has 1 aromatic carbocycles. The molecule has 0 unspecified atom stereocenters. The standard InChI is InChI=1S/C16H20N4OS/c1-13(20-8-2-7-17-20)16(21)18-14-3-5-15(6-4-14)19-9-11-22-12-10-19/h2-8,13H,9-12H2,1H3,(H,18,21)/t13-/m0/s1. The number of hydrogen-bond donors (Lipinski definition) is 1. The number of nitrogens with zero attached hydrogens (tertiary/aromatic N) is 3. The lowest BCUT2D eigenvalue weighted by molar-refractivity contribution is -0.119. The number of rotatable bonds is 4. The number of carbonyl (C=O) groups excluding carboxylic acids is 1. The van der Waals surface area contributed by atoms with Gasteiger partial charge in [0.15, 0.2) is 0 Å². The van der Waals surface area contributed by atoms with Crippen molar-refractivity contribution in [3.8, 4) is 0 Å². The molecule has 0 saturated carbocycles. The van der Waals surface area contributed by atoms with Gasteiger partial charge in [-0.2, -0.15) is 16.9 Å². The largest absolute Gasteiger partial charge is 0.370 e. The summed E-state index contributed by atoms with van der Waals surface area (Å²) in [5.74, 6) is 2.30. The second-order valence-corrected chi connectivity index (χ2v) is 6.52. The second-order valence-electron chi connectivity index (χ2n) is 5.30. The third kappa shape index (κ3) is 3.44. The monoisotopic (exact) mass is 316 g/mol. The molecule has 0 spiro atoms. The van der Waals surface area contributed by atoms with E-state index in [1.807, 2.05) is 36.9 Å². The summed E-state index contributed by atoms with van der Waals surface area (Å²) in [6.07, 6.45) is 3.47. The van der Waals surface area contributed by atoms with E-state index in [-0.39, 0.29) is 11.9 Å². The van der Waals surface area contributed by atoms with Crippen molar-refractivity contribution in [2.45, 2.75) is 13.0 Å². The fourth-order valence-electron chi connectivity index (χ4n) is 2.45. The number of amides is 1. The molecule has 3 rings (SSSR count). The summed E-state index contributed by atoms with van der Waals surface area (Å²) in [5.41, 5.74) is 2.04. The van der Waals surface area contributed by atoms with Gasteiger partial charge in [0.25, 0.3) is 0 Å². The van der Waals surface area contributed by atoms with E-state index in [2.05, 4.69) is 27.4 Å². The van der Waals surface area contributed by atoms with E-state index in [0.29, 0.717) is 0 Å². The number of benzene rings is 1. The summed E-state index contributed by atoms with van der Waals surface area (Å²) < 4.78 is 1.65. The molecule has 1 N–H and O–H groups in total. The van der Waals surface area contributed by atoms with Crippen molar-refractivity contribution in [2.24, 2.45) is 0 Å². The molecule has 2 heterocycles. The molecule has 6 heteroatoms. The number of nitrogens with one attached hydrogen (secondary N) is 1. The van der Waals surface area contributed by atoms with E-state index < -0.39 is 0 Å². The minimum absolute atomic E-state index is 0.0641. The van der Waals surface area contributed by atoms with E-state index in [1.165, 1.54) is 17.2 Å². The maximum atomic E-state index is 12.2. The third-order valence-electron chi connectivity index (χ3n) is 3.81. The fraction of sp³-hybridized carbons (Fsp3) is 0.375. The van der Waals surface area contributed by atoms with Crippen molar-refractivity contribution < 1.29 is 4.79 Å². The first-order chi connectivity index (χ1) is 10.7. The van der Waals surface area contributed by atoms with Gasteiger partial charge in [-0.15, -0.1) is 0 Å². The molecule has 22 heavy (non-hydrogen) atoms. The molecule has 1 aliphatic rings. The molecule has 0 radical (unpaired) electrons. The van der Waals surface area contributed by atoms with E-state index in [1.54, 1.807) is 17.1 Å². The van der Waals surface area contributed by atoms with Crippen molar-refractivity contribution in [1.82, 2.24) is 9.78 Å². The molecular weight excluding hydrogens is 296 g/mol. The Morgan fingerprint density at radius 3 is 2.64 bits per heavy atom. The highest BCUT2D eigenvalue weighted by atomic mass is 32.2. The van der Waals surface area contributed by atoms with Crippen LogP contribution in [0.1, 0.15) is 13.0 Å². The van der Waals surface area contributed by atoms with Crippen LogP contribution in [0.3, 0.4) is 0 Å². The Morgan fingerprint density at radius 2 is 2.00 bits per heavy atom. The van der Waals surface area contributed by atoms with Crippen LogP contribution in [0.5, 0.6) is 0 Å². The van der Waals surface area contributed by atoms with E-state index >= 15 is 0 Å². The number of hydrogen-bond acceptors (Lipinski definition) is 4. The Kier molecular flexibility index (Phi) is 4.68. The van der Waals surface area contributed by atoms with E-state index in [9.17, 15) is 4.79 Å². The number of aromatic nitrogens is 2. The van der Waals surface area contributed by atoms with Crippen LogP contribution in [-0.4, -0.2) is 40.3 Å². The van der Waals surface area contributed by atoms with Crippen LogP contribution >= 0.6 is 11.8 Å². The maximum Gasteiger partial charge on any atom is 0.248 e. The molecule has 5 nitrogen and oxygen atoms in total. The zero-order chi connectivity index (χ0) is 15.4. The van der Waals surface area contributed by atoms with Crippen LogP contribution in [0.2, 0.25) is 0 Å². The Hall–Kier alpha value is -1.95. The van der Waals surface area contributed by atoms with Crippen molar-refractivity contribution in [1.29, 1.82) is 0 Å². The summed E-state index contributed by atoms with van der Waals surface area (Å²) in [7, 11) is 0. The van der Waals surface area contributed by atoms with Gasteiger partial charge in [-0.25, -0.2) is 0 Å². The zero-order valence-corrected chi connectivity index (χ0v) is 13.4. The summed E-state index contributed by atoms with van der Waals surface area (Å²) in [4.78, 5) is 14.6. The van der Waals surface area contributed by atoms with Crippen LogP contribution in [0.25, 0.3) is 0 Å². The lowest BCUT2D eigenvalue weighted by Gasteiger charge is -2.28. The van der Waals surface area contributed by atoms with Gasteiger partial charge in [-0.1, -0.05) is 0 Å². The zero-order valence-electron chi connectivity index (χ0n) is 12.6. The molecule has 0 aliphatic carbocycles. The molecule has 1 aliphatic heterocycles. The minimum atomic E-state index is -0.325. The SMILES string of the molecule is C[C@@H](C(=O)Nc1ccc(N2CCSCC2)cc1)n1cccn1. The van der Waals surface area contributed by atoms with Gasteiger partial charge in [0, 0.05) is 48.4 Å². The summed E-state index contributed by atoms with van der Waals surface area (Å²) >= 11 is 2.00. The van der Waals surface area contributed by atoms with E-state index in [4.69, 9.17) is 0 Å². The lowest BCUT2D eigenvalue weighted by atomic mass is 10.2. The molecule has 1 atom stereocenters. The average Bonchev–Trinajstić information content (AvgIpc) is 3.10. The topological polar surface area (TPSA) is 50.2 Å². The van der Waals surface area contributed by atoms with Crippen molar-refractivity contribution >= 4 is 29.0 Å². The molecule has 2 aromatic rings. The average molecular weight is 316 g/mol. The van der Waals surface area contributed by atoms with Crippen LogP contribution in [0.4, 0.5) is 11.4 Å². The Bertz CT molecular complexity index is 606. The minimum Gasteiger partial charge on any atom is -0.370 e. The molecule has 116 valence electrons. The first-order valence-electron chi connectivity index (χ1n) is 7.47. The van der Waals surface area contributed by atoms with Crippen LogP contribution in [0.15, 0.2) is 42.7 Å². The van der Waals surface area contributed by atoms with Gasteiger partial charge >= 0.3 is 0 Å². The van der Waals surface area contributed by atoms with Gasteiger partial charge in [0.05, 0.1) is 0 Å². The fourth-order valence-corrected chi connectivity index (χ4v) is 3.36. The maximum absolute atomic E-state index is 12.2. The Labute approximate surface area is 134 Å². The predicted octanol–water partition coefficient (Wildman–Crippen LogP) is 2.64. The van der Waals surface area contributed by atoms with Gasteiger partial charge in [0.2, 0.25) is 5.91 Å². The first kappa shape index (κ1) is 15.0. The highest BCUT2D eigenvalue weighted by Gasteiger charge is 2.15. The smallest absolute Gasteiger partial charge is 0.248 e. The molecule has 0 bridgehead atoms. The molecular formula is C16H20N4OS. The Balaban J connectivity index is 1.62. The summed E-state index contributed by atoms with van der Waals surface area (Å²) in [5, 5.41) is 7.04. The highest BCUT2D eigenvalue weighted by molar-refractivity contribution is 7.99. The van der Waals surface area contributed by atoms with Crippen LogP contribution in [-0.2, 0) is 4.79 Å². The normalized spacial score (nSPS) is 16.3. The van der Waals surface area contributed by atoms with Gasteiger partial charge in [-0.05, 0) is 37.3 Å². The summed E-state index contributed by atoms with van der Waals surface area (Å²) in [6, 6.07) is 9.56. The van der Waals surface area contributed by atoms with Gasteiger partial charge in [0.1, 0.15) is 6.04 Å². The number of thioether (sulfide) groups is 1. The third-order valence-corrected chi connectivity index (χ3v) is 4.75. The lowest BCUT2D eigenvalue weighted by Crippen LogP contribution is -2.32. The van der Waals surface area contributed by atoms with Crippen molar-refractivity contribution in [3.05, 3.63) is 42.7 Å². The molecule has 1 saturated heterocycles. The van der Waals surface area contributed by atoms with E-state index in [0.717, 1.165) is 18.8 Å². The Morgan fingerprint density at radius 1 is 1.27 bits per heavy atom. The van der Waals surface area contributed by atoms with Crippen molar-refractivity contribution in [2.75, 3.05) is 34.8 Å². The predicted molar refractivity (Wildman–Crippen MR) is 91.5 cm³/mol. The number of anilines is 2. The van der Waals surface area contributed by atoms with Crippen LogP contribution in [0, 0.1) is 0 Å². The quantitative estimate of drug-likeness (QED) is 0.942. The highest BCUT2D eigenvalue weighted by Crippen LogP contribution is 2.22. The molecule has 1 fully saturated rings. The summed E-state index contributed by atoms with van der Waals surface area (Å²) in [6.45, 7) is 4.02. The second kappa shape index (κ2) is 6.87. The van der Waals surface area contributed by atoms with Gasteiger partial charge in [-0.3, -0.25) is 9.48 Å². The molecule has 1 aromatic heterocycles.